The van der Waals surface area contributed by atoms with Crippen LogP contribution in [-0.2, 0) is 4.79 Å². The second-order valence-electron chi connectivity index (χ2n) is 6.34. The normalized spacial score (nSPS) is 20.8. The zero-order valence-corrected chi connectivity index (χ0v) is 14.9. The summed E-state index contributed by atoms with van der Waals surface area (Å²) in [6.45, 7) is 4.92. The van der Waals surface area contributed by atoms with Gasteiger partial charge in [0, 0.05) is 51.4 Å². The van der Waals surface area contributed by atoms with Gasteiger partial charge in [-0.1, -0.05) is 0 Å². The number of carbonyl (C=O) groups is 1. The highest BCUT2D eigenvalue weighted by molar-refractivity contribution is 9.10. The lowest BCUT2D eigenvalue weighted by Crippen LogP contribution is -2.50. The van der Waals surface area contributed by atoms with Crippen molar-refractivity contribution in [1.29, 1.82) is 0 Å². The van der Waals surface area contributed by atoms with Crippen LogP contribution in [0.25, 0.3) is 0 Å². The van der Waals surface area contributed by atoms with Crippen LogP contribution in [-0.4, -0.2) is 67.0 Å². The summed E-state index contributed by atoms with van der Waals surface area (Å²) in [5, 5.41) is 0. The Hall–Kier alpha value is -1.21. The summed E-state index contributed by atoms with van der Waals surface area (Å²) in [5.74, 6) is 0.0218. The molecule has 2 aliphatic heterocycles. The summed E-state index contributed by atoms with van der Waals surface area (Å²) in [6.07, 6.45) is 4.40. The Morgan fingerprint density at radius 3 is 2.43 bits per heavy atom. The topological polar surface area (TPSA) is 39.7 Å². The molecule has 0 radical (unpaired) electrons. The van der Waals surface area contributed by atoms with Gasteiger partial charge in [0.15, 0.2) is 5.82 Å². The number of amides is 1. The van der Waals surface area contributed by atoms with E-state index in [1.807, 2.05) is 9.80 Å². The minimum Gasteiger partial charge on any atom is -0.368 e. The molecular weight excluding hydrogens is 363 g/mol. The first-order chi connectivity index (χ1) is 11.1. The minimum atomic E-state index is -0.316. The van der Waals surface area contributed by atoms with Crippen molar-refractivity contribution in [2.45, 2.75) is 12.8 Å². The summed E-state index contributed by atoms with van der Waals surface area (Å²) in [4.78, 5) is 22.7. The molecule has 1 amide bonds. The summed E-state index contributed by atoms with van der Waals surface area (Å²) in [5.41, 5.74) is 0.561. The number of anilines is 1. The van der Waals surface area contributed by atoms with Gasteiger partial charge in [0.25, 0.3) is 0 Å². The fourth-order valence-electron chi connectivity index (χ4n) is 3.34. The molecular formula is C16H22BrFN4O. The minimum absolute atomic E-state index is 0.0679. The van der Waals surface area contributed by atoms with Crippen molar-refractivity contribution in [2.24, 2.45) is 5.92 Å². The molecule has 1 aromatic heterocycles. The van der Waals surface area contributed by atoms with Crippen LogP contribution in [0.3, 0.4) is 0 Å². The third-order valence-corrected chi connectivity index (χ3v) is 5.38. The van der Waals surface area contributed by atoms with Gasteiger partial charge >= 0.3 is 0 Å². The number of rotatable bonds is 2. The molecule has 3 rings (SSSR count). The van der Waals surface area contributed by atoms with Crippen molar-refractivity contribution in [3.8, 4) is 0 Å². The van der Waals surface area contributed by atoms with E-state index in [1.165, 1.54) is 6.20 Å². The van der Waals surface area contributed by atoms with Gasteiger partial charge in [-0.25, -0.2) is 4.39 Å². The van der Waals surface area contributed by atoms with E-state index in [4.69, 9.17) is 0 Å². The molecule has 3 heterocycles. The zero-order chi connectivity index (χ0) is 16.4. The van der Waals surface area contributed by atoms with Crippen molar-refractivity contribution in [2.75, 3.05) is 51.2 Å². The number of halogens is 2. The van der Waals surface area contributed by atoms with E-state index in [0.717, 1.165) is 39.0 Å². The van der Waals surface area contributed by atoms with Crippen LogP contribution in [0.5, 0.6) is 0 Å². The van der Waals surface area contributed by atoms with Crippen LogP contribution in [0.1, 0.15) is 12.8 Å². The monoisotopic (exact) mass is 384 g/mol. The maximum atomic E-state index is 14.0. The Bertz CT molecular complexity index is 549. The SMILES string of the molecule is CN1CCN(C(=O)C2CCN(c3c(F)cncc3Br)CC2)CC1. The van der Waals surface area contributed by atoms with E-state index in [1.54, 1.807) is 6.20 Å². The molecule has 0 unspecified atom stereocenters. The summed E-state index contributed by atoms with van der Waals surface area (Å²) < 4.78 is 14.7. The Morgan fingerprint density at radius 2 is 1.83 bits per heavy atom. The zero-order valence-electron chi connectivity index (χ0n) is 13.3. The standard InChI is InChI=1S/C16H22BrFN4O/c1-20-6-8-22(9-7-20)16(23)12-2-4-21(5-3-12)15-13(17)10-19-11-14(15)18/h10-12H,2-9H2,1H3. The van der Waals surface area contributed by atoms with E-state index in [9.17, 15) is 9.18 Å². The molecule has 7 heteroatoms. The first kappa shape index (κ1) is 16.6. The second-order valence-corrected chi connectivity index (χ2v) is 7.20. The third-order valence-electron chi connectivity index (χ3n) is 4.80. The Balaban J connectivity index is 1.59. The van der Waals surface area contributed by atoms with Gasteiger partial charge in [-0.15, -0.1) is 0 Å². The van der Waals surface area contributed by atoms with E-state index in [2.05, 4.69) is 32.9 Å². The number of piperidine rings is 1. The number of aromatic nitrogens is 1. The molecule has 0 atom stereocenters. The van der Waals surface area contributed by atoms with E-state index in [0.29, 0.717) is 23.2 Å². The molecule has 0 aliphatic carbocycles. The molecule has 0 N–H and O–H groups in total. The highest BCUT2D eigenvalue weighted by atomic mass is 79.9. The van der Waals surface area contributed by atoms with E-state index in [-0.39, 0.29) is 17.6 Å². The summed E-state index contributed by atoms with van der Waals surface area (Å²) >= 11 is 3.37. The van der Waals surface area contributed by atoms with Gasteiger partial charge in [-0.2, -0.15) is 0 Å². The molecule has 2 aliphatic rings. The van der Waals surface area contributed by atoms with Crippen molar-refractivity contribution in [3.05, 3.63) is 22.7 Å². The van der Waals surface area contributed by atoms with Gasteiger partial charge in [0.05, 0.1) is 16.4 Å². The number of hydrogen-bond donors (Lipinski definition) is 0. The lowest BCUT2D eigenvalue weighted by Gasteiger charge is -2.38. The smallest absolute Gasteiger partial charge is 0.225 e. The average molecular weight is 385 g/mol. The first-order valence-electron chi connectivity index (χ1n) is 8.07. The molecule has 0 spiro atoms. The summed E-state index contributed by atoms with van der Waals surface area (Å²) in [6, 6.07) is 0. The van der Waals surface area contributed by atoms with Crippen LogP contribution < -0.4 is 4.90 Å². The van der Waals surface area contributed by atoms with E-state index < -0.39 is 0 Å². The number of likely N-dealkylation sites (N-methyl/N-ethyl adjacent to an activating group) is 1. The van der Waals surface area contributed by atoms with Crippen LogP contribution in [0.4, 0.5) is 10.1 Å². The lowest BCUT2D eigenvalue weighted by atomic mass is 9.94. The molecule has 2 fully saturated rings. The predicted octanol–water partition coefficient (Wildman–Crippen LogP) is 1.97. The fourth-order valence-corrected chi connectivity index (χ4v) is 3.90. The number of nitrogens with zero attached hydrogens (tertiary/aromatic N) is 4. The molecule has 0 aromatic carbocycles. The van der Waals surface area contributed by atoms with Gasteiger partial charge < -0.3 is 14.7 Å². The highest BCUT2D eigenvalue weighted by Crippen LogP contribution is 2.32. The second kappa shape index (κ2) is 7.13. The number of hydrogen-bond acceptors (Lipinski definition) is 4. The number of piperazine rings is 1. The average Bonchev–Trinajstić information content (AvgIpc) is 2.55. The van der Waals surface area contributed by atoms with E-state index >= 15 is 0 Å². The van der Waals surface area contributed by atoms with Crippen molar-refractivity contribution in [3.63, 3.8) is 0 Å². The first-order valence-corrected chi connectivity index (χ1v) is 8.87. The van der Waals surface area contributed by atoms with Crippen LogP contribution in [0.2, 0.25) is 0 Å². The largest absolute Gasteiger partial charge is 0.368 e. The molecule has 23 heavy (non-hydrogen) atoms. The molecule has 0 saturated carbocycles. The molecule has 2 saturated heterocycles. The highest BCUT2D eigenvalue weighted by Gasteiger charge is 2.31. The molecule has 5 nitrogen and oxygen atoms in total. The van der Waals surface area contributed by atoms with Gasteiger partial charge in [0.1, 0.15) is 0 Å². The van der Waals surface area contributed by atoms with Gasteiger partial charge in [0.2, 0.25) is 5.91 Å². The molecule has 1 aromatic rings. The number of carbonyl (C=O) groups excluding carboxylic acids is 1. The lowest BCUT2D eigenvalue weighted by molar-refractivity contribution is -0.137. The maximum Gasteiger partial charge on any atom is 0.225 e. The van der Waals surface area contributed by atoms with Crippen molar-refractivity contribution >= 4 is 27.5 Å². The Labute approximate surface area is 144 Å². The third kappa shape index (κ3) is 3.66. The Morgan fingerprint density at radius 1 is 1.17 bits per heavy atom. The predicted molar refractivity (Wildman–Crippen MR) is 90.9 cm³/mol. The van der Waals surface area contributed by atoms with Crippen LogP contribution in [0, 0.1) is 11.7 Å². The molecule has 0 bridgehead atoms. The molecule has 126 valence electrons. The quantitative estimate of drug-likeness (QED) is 0.781. The van der Waals surface area contributed by atoms with Crippen molar-refractivity contribution in [1.82, 2.24) is 14.8 Å². The fraction of sp³-hybridized carbons (Fsp3) is 0.625. The summed E-state index contributed by atoms with van der Waals surface area (Å²) in [7, 11) is 2.08. The van der Waals surface area contributed by atoms with Gasteiger partial charge in [-0.05, 0) is 35.8 Å². The number of pyridine rings is 1. The van der Waals surface area contributed by atoms with Crippen molar-refractivity contribution < 1.29 is 9.18 Å². The Kier molecular flexibility index (Phi) is 5.16. The van der Waals surface area contributed by atoms with Crippen LogP contribution in [0.15, 0.2) is 16.9 Å². The van der Waals surface area contributed by atoms with Crippen LogP contribution >= 0.6 is 15.9 Å². The van der Waals surface area contributed by atoms with Gasteiger partial charge in [-0.3, -0.25) is 9.78 Å². The maximum absolute atomic E-state index is 14.0.